The van der Waals surface area contributed by atoms with Crippen molar-refractivity contribution in [2.24, 2.45) is 0 Å². The van der Waals surface area contributed by atoms with Gasteiger partial charge in [-0.15, -0.1) is 12.4 Å². The summed E-state index contributed by atoms with van der Waals surface area (Å²) in [5, 5.41) is 0.882. The standard InChI is InChI=1S/C22H25N5O.ClH/c1-3-26(4-2)15-9-13-18-24-19-17-12-8-14-23-21(17)27(22(28)20(19)25-18)16-10-6-5-7-11-16;/h5-8,10-12,14H,3-4,9,13,15H2,1-2H3,(H,24,25);1H. The first-order valence-corrected chi connectivity index (χ1v) is 9.89. The Labute approximate surface area is 176 Å². The Morgan fingerprint density at radius 3 is 2.55 bits per heavy atom. The Balaban J connectivity index is 0.00000240. The molecule has 0 aliphatic rings. The molecular weight excluding hydrogens is 386 g/mol. The number of H-pyrrole nitrogens is 1. The van der Waals surface area contributed by atoms with Gasteiger partial charge in [0.15, 0.2) is 0 Å². The molecule has 0 bridgehead atoms. The fourth-order valence-electron chi connectivity index (χ4n) is 3.68. The molecule has 0 aliphatic carbocycles. The molecule has 0 fully saturated rings. The van der Waals surface area contributed by atoms with Gasteiger partial charge >= 0.3 is 0 Å². The molecule has 0 saturated carbocycles. The second kappa shape index (κ2) is 9.20. The molecule has 0 saturated heterocycles. The van der Waals surface area contributed by atoms with Crippen LogP contribution in [0.15, 0.2) is 53.5 Å². The molecule has 0 aliphatic heterocycles. The van der Waals surface area contributed by atoms with Crippen LogP contribution in [-0.2, 0) is 6.42 Å². The largest absolute Gasteiger partial charge is 0.337 e. The summed E-state index contributed by atoms with van der Waals surface area (Å²) in [6.45, 7) is 7.48. The van der Waals surface area contributed by atoms with Crippen LogP contribution in [0.3, 0.4) is 0 Å². The minimum Gasteiger partial charge on any atom is -0.337 e. The molecule has 0 unspecified atom stereocenters. The van der Waals surface area contributed by atoms with Gasteiger partial charge in [0.25, 0.3) is 5.56 Å². The number of benzene rings is 1. The highest BCUT2D eigenvalue weighted by atomic mass is 35.5. The van der Waals surface area contributed by atoms with E-state index in [0.717, 1.165) is 49.4 Å². The maximum absolute atomic E-state index is 13.3. The van der Waals surface area contributed by atoms with Crippen molar-refractivity contribution in [2.45, 2.75) is 26.7 Å². The number of nitrogens with one attached hydrogen (secondary N) is 1. The van der Waals surface area contributed by atoms with Gasteiger partial charge in [0.2, 0.25) is 0 Å². The molecule has 0 amide bonds. The number of aromatic amines is 1. The lowest BCUT2D eigenvalue weighted by Crippen LogP contribution is -2.24. The smallest absolute Gasteiger partial charge is 0.282 e. The van der Waals surface area contributed by atoms with E-state index in [0.29, 0.717) is 16.7 Å². The van der Waals surface area contributed by atoms with Gasteiger partial charge in [-0.25, -0.2) is 9.97 Å². The van der Waals surface area contributed by atoms with E-state index in [2.05, 4.69) is 28.7 Å². The number of fused-ring (bicyclic) bond motifs is 3. The first-order valence-electron chi connectivity index (χ1n) is 9.89. The molecule has 152 valence electrons. The summed E-state index contributed by atoms with van der Waals surface area (Å²) in [6, 6.07) is 13.5. The topological polar surface area (TPSA) is 66.8 Å². The van der Waals surface area contributed by atoms with Crippen molar-refractivity contribution in [3.8, 4) is 5.69 Å². The zero-order valence-electron chi connectivity index (χ0n) is 16.8. The molecular formula is C22H26ClN5O. The summed E-state index contributed by atoms with van der Waals surface area (Å²) in [7, 11) is 0. The molecule has 7 heteroatoms. The first kappa shape index (κ1) is 21.0. The van der Waals surface area contributed by atoms with Crippen molar-refractivity contribution >= 4 is 34.5 Å². The Bertz CT molecular complexity index is 1150. The number of hydrogen-bond acceptors (Lipinski definition) is 4. The van der Waals surface area contributed by atoms with Crippen molar-refractivity contribution in [1.82, 2.24) is 24.4 Å². The van der Waals surface area contributed by atoms with Gasteiger partial charge in [0.1, 0.15) is 22.5 Å². The number of pyridine rings is 2. The Hall–Kier alpha value is -2.70. The van der Waals surface area contributed by atoms with Crippen molar-refractivity contribution in [2.75, 3.05) is 19.6 Å². The van der Waals surface area contributed by atoms with Crippen LogP contribution in [0.4, 0.5) is 0 Å². The summed E-state index contributed by atoms with van der Waals surface area (Å²) >= 11 is 0. The van der Waals surface area contributed by atoms with E-state index in [-0.39, 0.29) is 18.0 Å². The van der Waals surface area contributed by atoms with Crippen molar-refractivity contribution in [1.29, 1.82) is 0 Å². The number of aromatic nitrogens is 4. The number of aryl methyl sites for hydroxylation is 1. The van der Waals surface area contributed by atoms with Crippen LogP contribution in [0.1, 0.15) is 26.1 Å². The zero-order valence-corrected chi connectivity index (χ0v) is 17.6. The summed E-state index contributed by atoms with van der Waals surface area (Å²) in [5.41, 5.74) is 2.57. The van der Waals surface area contributed by atoms with Gasteiger partial charge in [-0.2, -0.15) is 0 Å². The lowest BCUT2D eigenvalue weighted by atomic mass is 10.2. The van der Waals surface area contributed by atoms with Crippen molar-refractivity contribution in [3.05, 3.63) is 64.8 Å². The van der Waals surface area contributed by atoms with Gasteiger partial charge in [-0.3, -0.25) is 9.36 Å². The minimum absolute atomic E-state index is 0. The zero-order chi connectivity index (χ0) is 19.5. The Morgan fingerprint density at radius 2 is 1.83 bits per heavy atom. The van der Waals surface area contributed by atoms with E-state index in [1.54, 1.807) is 10.8 Å². The Kier molecular flexibility index (Phi) is 6.67. The molecule has 6 nitrogen and oxygen atoms in total. The first-order chi connectivity index (χ1) is 13.7. The second-order valence-electron chi connectivity index (χ2n) is 6.89. The van der Waals surface area contributed by atoms with Gasteiger partial charge in [0, 0.05) is 18.0 Å². The SMILES string of the molecule is CCN(CC)CCCc1nc2c([nH]1)c(=O)n(-c1ccccc1)c1ncccc21.Cl. The highest BCUT2D eigenvalue weighted by molar-refractivity contribution is 6.01. The van der Waals surface area contributed by atoms with Gasteiger partial charge in [-0.1, -0.05) is 32.0 Å². The minimum atomic E-state index is -0.116. The van der Waals surface area contributed by atoms with Gasteiger partial charge < -0.3 is 9.88 Å². The highest BCUT2D eigenvalue weighted by Crippen LogP contribution is 2.22. The molecule has 0 radical (unpaired) electrons. The fraction of sp³-hybridized carbons (Fsp3) is 0.318. The van der Waals surface area contributed by atoms with Crippen LogP contribution in [0, 0.1) is 0 Å². The molecule has 3 aromatic heterocycles. The van der Waals surface area contributed by atoms with E-state index in [4.69, 9.17) is 4.98 Å². The van der Waals surface area contributed by atoms with E-state index in [1.807, 2.05) is 42.5 Å². The number of rotatable bonds is 7. The molecule has 0 spiro atoms. The quantitative estimate of drug-likeness (QED) is 0.500. The van der Waals surface area contributed by atoms with Crippen LogP contribution >= 0.6 is 12.4 Å². The highest BCUT2D eigenvalue weighted by Gasteiger charge is 2.16. The van der Waals surface area contributed by atoms with Crippen LogP contribution < -0.4 is 5.56 Å². The normalized spacial score (nSPS) is 11.3. The average Bonchev–Trinajstić information content (AvgIpc) is 3.17. The molecule has 1 aromatic carbocycles. The van der Waals surface area contributed by atoms with E-state index >= 15 is 0 Å². The van der Waals surface area contributed by atoms with Crippen LogP contribution in [0.5, 0.6) is 0 Å². The van der Waals surface area contributed by atoms with Gasteiger partial charge in [-0.05, 0) is 50.3 Å². The Morgan fingerprint density at radius 1 is 1.07 bits per heavy atom. The van der Waals surface area contributed by atoms with Crippen LogP contribution in [0.25, 0.3) is 27.8 Å². The van der Waals surface area contributed by atoms with E-state index in [1.165, 1.54) is 0 Å². The van der Waals surface area contributed by atoms with Gasteiger partial charge in [0.05, 0.1) is 5.69 Å². The second-order valence-corrected chi connectivity index (χ2v) is 6.89. The number of halogens is 1. The summed E-state index contributed by atoms with van der Waals surface area (Å²) in [4.78, 5) is 28.2. The molecule has 3 heterocycles. The third-order valence-electron chi connectivity index (χ3n) is 5.22. The molecule has 4 aromatic rings. The predicted molar refractivity (Wildman–Crippen MR) is 120 cm³/mol. The van der Waals surface area contributed by atoms with Crippen LogP contribution in [-0.4, -0.2) is 44.1 Å². The summed E-state index contributed by atoms with van der Waals surface area (Å²) in [6.07, 6.45) is 3.53. The summed E-state index contributed by atoms with van der Waals surface area (Å²) in [5.74, 6) is 0.857. The van der Waals surface area contributed by atoms with Crippen LogP contribution in [0.2, 0.25) is 0 Å². The number of nitrogens with zero attached hydrogens (tertiary/aromatic N) is 4. The predicted octanol–water partition coefficient (Wildman–Crippen LogP) is 3.96. The number of para-hydroxylation sites is 1. The third-order valence-corrected chi connectivity index (χ3v) is 5.22. The number of imidazole rings is 1. The molecule has 1 N–H and O–H groups in total. The fourth-order valence-corrected chi connectivity index (χ4v) is 3.68. The number of hydrogen-bond donors (Lipinski definition) is 1. The maximum atomic E-state index is 13.3. The van der Waals surface area contributed by atoms with Crippen molar-refractivity contribution in [3.63, 3.8) is 0 Å². The lowest BCUT2D eigenvalue weighted by molar-refractivity contribution is 0.299. The molecule has 0 atom stereocenters. The monoisotopic (exact) mass is 411 g/mol. The van der Waals surface area contributed by atoms with E-state index < -0.39 is 0 Å². The van der Waals surface area contributed by atoms with Crippen molar-refractivity contribution < 1.29 is 0 Å². The van der Waals surface area contributed by atoms with E-state index in [9.17, 15) is 4.79 Å². The molecule has 29 heavy (non-hydrogen) atoms. The average molecular weight is 412 g/mol. The summed E-state index contributed by atoms with van der Waals surface area (Å²) < 4.78 is 1.66. The lowest BCUT2D eigenvalue weighted by Gasteiger charge is -2.16. The third kappa shape index (κ3) is 4.04. The maximum Gasteiger partial charge on any atom is 0.282 e. The molecule has 4 rings (SSSR count).